The number of benzene rings is 2. The van der Waals surface area contributed by atoms with Crippen LogP contribution in [-0.4, -0.2) is 43.6 Å². The van der Waals surface area contributed by atoms with Crippen LogP contribution in [0.15, 0.2) is 51.9 Å². The molecule has 3 aromatic rings. The fourth-order valence-electron chi connectivity index (χ4n) is 2.90. The van der Waals surface area contributed by atoms with E-state index in [1.54, 1.807) is 57.5 Å². The van der Waals surface area contributed by atoms with Crippen LogP contribution in [0.25, 0.3) is 0 Å². The van der Waals surface area contributed by atoms with E-state index in [2.05, 4.69) is 10.1 Å². The largest absolute Gasteiger partial charge is 0.497 e. The van der Waals surface area contributed by atoms with Crippen molar-refractivity contribution in [1.82, 2.24) is 14.4 Å². The molecule has 160 valence electrons. The van der Waals surface area contributed by atoms with E-state index < -0.39 is 10.0 Å². The van der Waals surface area contributed by atoms with Gasteiger partial charge in [0.2, 0.25) is 10.0 Å². The minimum Gasteiger partial charge on any atom is -0.497 e. The summed E-state index contributed by atoms with van der Waals surface area (Å²) in [4.78, 5) is 4.57. The fraction of sp³-hybridized carbons (Fsp3) is 0.333. The Morgan fingerprint density at radius 2 is 1.77 bits per heavy atom. The lowest BCUT2D eigenvalue weighted by molar-refractivity contribution is 0.242. The van der Waals surface area contributed by atoms with Crippen LogP contribution < -0.4 is 9.47 Å². The van der Waals surface area contributed by atoms with E-state index in [1.165, 1.54) is 4.31 Å². The van der Waals surface area contributed by atoms with Crippen molar-refractivity contribution in [2.45, 2.75) is 31.8 Å². The number of aryl methyl sites for hydroxylation is 2. The number of sulfonamides is 1. The van der Waals surface area contributed by atoms with Crippen LogP contribution in [0.3, 0.4) is 0 Å². The molecule has 9 heteroatoms. The van der Waals surface area contributed by atoms with E-state index in [0.717, 1.165) is 16.9 Å². The summed E-state index contributed by atoms with van der Waals surface area (Å²) in [7, 11) is -0.448. The zero-order chi connectivity index (χ0) is 21.7. The van der Waals surface area contributed by atoms with Crippen molar-refractivity contribution >= 4 is 10.0 Å². The summed E-state index contributed by atoms with van der Waals surface area (Å²) in [5, 5.41) is 3.90. The number of rotatable bonds is 9. The molecule has 1 aromatic heterocycles. The van der Waals surface area contributed by atoms with Gasteiger partial charge in [0, 0.05) is 20.0 Å². The van der Waals surface area contributed by atoms with Gasteiger partial charge in [-0.2, -0.15) is 4.98 Å². The Hall–Kier alpha value is -2.91. The summed E-state index contributed by atoms with van der Waals surface area (Å²) in [5.74, 6) is 2.13. The van der Waals surface area contributed by atoms with Crippen molar-refractivity contribution in [3.8, 4) is 11.5 Å². The summed E-state index contributed by atoms with van der Waals surface area (Å²) < 4.78 is 42.9. The SMILES string of the molecule is COc1ccc(OCc2nc(CCN(C)S(=O)(=O)c3ccc(C)cc3C)no2)cc1. The van der Waals surface area contributed by atoms with E-state index in [4.69, 9.17) is 14.0 Å². The number of ether oxygens (including phenoxy) is 2. The third-order valence-corrected chi connectivity index (χ3v) is 6.62. The topological polar surface area (TPSA) is 94.8 Å². The summed E-state index contributed by atoms with van der Waals surface area (Å²) in [6.45, 7) is 4.07. The van der Waals surface area contributed by atoms with Crippen LogP contribution in [0.5, 0.6) is 11.5 Å². The Bertz CT molecular complexity index is 1090. The van der Waals surface area contributed by atoms with Gasteiger partial charge in [-0.3, -0.25) is 0 Å². The molecule has 0 spiro atoms. The Morgan fingerprint density at radius 3 is 2.43 bits per heavy atom. The predicted octanol–water partition coefficient (Wildman–Crippen LogP) is 3.14. The fourth-order valence-corrected chi connectivity index (χ4v) is 4.27. The first-order chi connectivity index (χ1) is 14.3. The van der Waals surface area contributed by atoms with Gasteiger partial charge in [-0.25, -0.2) is 12.7 Å². The van der Waals surface area contributed by atoms with Gasteiger partial charge >= 0.3 is 0 Å². The Morgan fingerprint density at radius 1 is 1.07 bits per heavy atom. The molecular weight excluding hydrogens is 406 g/mol. The lowest BCUT2D eigenvalue weighted by Crippen LogP contribution is -2.29. The average molecular weight is 432 g/mol. The number of likely N-dealkylation sites (N-methyl/N-ethyl adjacent to an activating group) is 1. The highest BCUT2D eigenvalue weighted by molar-refractivity contribution is 7.89. The third kappa shape index (κ3) is 5.17. The lowest BCUT2D eigenvalue weighted by Gasteiger charge is -2.18. The molecule has 0 fully saturated rings. The number of methoxy groups -OCH3 is 1. The number of hydrogen-bond donors (Lipinski definition) is 0. The molecule has 0 N–H and O–H groups in total. The summed E-state index contributed by atoms with van der Waals surface area (Å²) in [6.07, 6.45) is 0.326. The molecule has 0 saturated heterocycles. The molecule has 8 nitrogen and oxygen atoms in total. The van der Waals surface area contributed by atoms with Crippen LogP contribution in [0.2, 0.25) is 0 Å². The maximum atomic E-state index is 12.8. The monoisotopic (exact) mass is 431 g/mol. The quantitative estimate of drug-likeness (QED) is 0.514. The standard InChI is InChI=1S/C21H25N3O5S/c1-15-5-10-19(16(2)13-15)30(25,26)24(3)12-11-20-22-21(29-23-20)14-28-18-8-6-17(27-4)7-9-18/h5-10,13H,11-12,14H2,1-4H3. The maximum absolute atomic E-state index is 12.8. The first-order valence-electron chi connectivity index (χ1n) is 9.41. The van der Waals surface area contributed by atoms with Crippen molar-refractivity contribution in [3.05, 3.63) is 65.3 Å². The predicted molar refractivity (Wildman–Crippen MR) is 111 cm³/mol. The van der Waals surface area contributed by atoms with E-state index in [-0.39, 0.29) is 13.2 Å². The zero-order valence-electron chi connectivity index (χ0n) is 17.5. The van der Waals surface area contributed by atoms with Crippen LogP contribution in [0.4, 0.5) is 0 Å². The van der Waals surface area contributed by atoms with E-state index >= 15 is 0 Å². The molecule has 0 radical (unpaired) electrons. The first-order valence-corrected chi connectivity index (χ1v) is 10.9. The second kappa shape index (κ2) is 9.27. The van der Waals surface area contributed by atoms with Gasteiger partial charge in [0.05, 0.1) is 12.0 Å². The number of nitrogens with zero attached hydrogens (tertiary/aromatic N) is 3. The van der Waals surface area contributed by atoms with Crippen LogP contribution >= 0.6 is 0 Å². The summed E-state index contributed by atoms with van der Waals surface area (Å²) in [6, 6.07) is 12.4. The average Bonchev–Trinajstić information content (AvgIpc) is 3.18. The minimum absolute atomic E-state index is 0.121. The summed E-state index contributed by atoms with van der Waals surface area (Å²) in [5.41, 5.74) is 1.74. The molecule has 1 heterocycles. The third-order valence-electron chi connectivity index (χ3n) is 4.60. The van der Waals surface area contributed by atoms with Gasteiger partial charge < -0.3 is 14.0 Å². The number of aromatic nitrogens is 2. The molecule has 0 saturated carbocycles. The molecule has 0 atom stereocenters. The van der Waals surface area contributed by atoms with Gasteiger partial charge in [-0.1, -0.05) is 22.9 Å². The zero-order valence-corrected chi connectivity index (χ0v) is 18.3. The van der Waals surface area contributed by atoms with Crippen LogP contribution in [-0.2, 0) is 23.1 Å². The van der Waals surface area contributed by atoms with Crippen molar-refractivity contribution < 1.29 is 22.4 Å². The van der Waals surface area contributed by atoms with E-state index in [9.17, 15) is 8.42 Å². The molecule has 3 rings (SSSR count). The number of hydrogen-bond acceptors (Lipinski definition) is 7. The Balaban J connectivity index is 1.56. The Labute approximate surface area is 176 Å². The van der Waals surface area contributed by atoms with Crippen molar-refractivity contribution in [2.24, 2.45) is 0 Å². The Kier molecular flexibility index (Phi) is 6.73. The smallest absolute Gasteiger partial charge is 0.264 e. The molecule has 30 heavy (non-hydrogen) atoms. The second-order valence-corrected chi connectivity index (χ2v) is 8.93. The molecular formula is C21H25N3O5S. The van der Waals surface area contributed by atoms with Gasteiger partial charge in [0.1, 0.15) is 11.5 Å². The molecule has 0 unspecified atom stereocenters. The van der Waals surface area contributed by atoms with E-state index in [1.807, 2.05) is 13.0 Å². The van der Waals surface area contributed by atoms with Gasteiger partial charge in [0.25, 0.3) is 5.89 Å². The minimum atomic E-state index is -3.59. The van der Waals surface area contributed by atoms with Crippen molar-refractivity contribution in [1.29, 1.82) is 0 Å². The molecule has 0 bridgehead atoms. The first kappa shape index (κ1) is 21.8. The molecule has 0 aliphatic carbocycles. The van der Waals surface area contributed by atoms with Gasteiger partial charge in [-0.15, -0.1) is 0 Å². The van der Waals surface area contributed by atoms with Crippen molar-refractivity contribution in [2.75, 3.05) is 20.7 Å². The summed E-state index contributed by atoms with van der Waals surface area (Å²) >= 11 is 0. The lowest BCUT2D eigenvalue weighted by atomic mass is 10.2. The van der Waals surface area contributed by atoms with Gasteiger partial charge in [0.15, 0.2) is 12.4 Å². The van der Waals surface area contributed by atoms with Crippen molar-refractivity contribution in [3.63, 3.8) is 0 Å². The van der Waals surface area contributed by atoms with E-state index in [0.29, 0.717) is 28.8 Å². The highest BCUT2D eigenvalue weighted by Crippen LogP contribution is 2.20. The van der Waals surface area contributed by atoms with Crippen LogP contribution in [0, 0.1) is 13.8 Å². The molecule has 0 amide bonds. The molecule has 0 aliphatic heterocycles. The highest BCUT2D eigenvalue weighted by atomic mass is 32.2. The normalized spacial score (nSPS) is 11.6. The molecule has 0 aliphatic rings. The van der Waals surface area contributed by atoms with Gasteiger partial charge in [-0.05, 0) is 49.7 Å². The molecule has 2 aromatic carbocycles. The maximum Gasteiger partial charge on any atom is 0.264 e. The highest BCUT2D eigenvalue weighted by Gasteiger charge is 2.23. The van der Waals surface area contributed by atoms with Crippen LogP contribution in [0.1, 0.15) is 22.8 Å². The second-order valence-electron chi connectivity index (χ2n) is 6.91.